The second kappa shape index (κ2) is 19.9. The first kappa shape index (κ1) is 40.7. The van der Waals surface area contributed by atoms with E-state index in [1.54, 1.807) is 52.7 Å². The van der Waals surface area contributed by atoms with Gasteiger partial charge in [0.1, 0.15) is 24.5 Å². The van der Waals surface area contributed by atoms with Crippen LogP contribution in [0, 0.1) is 0 Å². The van der Waals surface area contributed by atoms with Crippen molar-refractivity contribution in [1.82, 2.24) is 19.8 Å². The van der Waals surface area contributed by atoms with Crippen molar-refractivity contribution in [3.8, 4) is 11.5 Å². The minimum atomic E-state index is -0.391. The summed E-state index contributed by atoms with van der Waals surface area (Å²) in [5, 5.41) is 0. The molecule has 0 saturated heterocycles. The average Bonchev–Trinajstić information content (AvgIpc) is 2.89. The van der Waals surface area contributed by atoms with Crippen LogP contribution in [0.15, 0.2) is 36.7 Å². The lowest BCUT2D eigenvalue weighted by molar-refractivity contribution is -0.904. The molecule has 2 aromatic rings. The molecule has 0 N–H and O–H groups in total. The molecule has 0 unspecified atom stereocenters. The summed E-state index contributed by atoms with van der Waals surface area (Å²) in [5.41, 5.74) is 1.62. The van der Waals surface area contributed by atoms with Crippen LogP contribution in [-0.2, 0) is 13.1 Å². The number of halogens is 2. The minimum absolute atomic E-state index is 0. The quantitative estimate of drug-likeness (QED) is 0.166. The van der Waals surface area contributed by atoms with Gasteiger partial charge in [0, 0.05) is 40.6 Å². The van der Waals surface area contributed by atoms with Crippen molar-refractivity contribution in [2.24, 2.45) is 0 Å². The van der Waals surface area contributed by atoms with Gasteiger partial charge in [0.05, 0.1) is 41.3 Å². The summed E-state index contributed by atoms with van der Waals surface area (Å²) >= 11 is 0. The van der Waals surface area contributed by atoms with Gasteiger partial charge in [-0.1, -0.05) is 19.3 Å². The molecule has 0 fully saturated rings. The van der Waals surface area contributed by atoms with E-state index in [1.807, 2.05) is 12.1 Å². The van der Waals surface area contributed by atoms with E-state index < -0.39 is 12.2 Å². The van der Waals surface area contributed by atoms with Crippen molar-refractivity contribution in [3.63, 3.8) is 0 Å². The monoisotopic (exact) mass is 730 g/mol. The summed E-state index contributed by atoms with van der Waals surface area (Å²) in [6, 6.07) is 7.21. The Kier molecular flexibility index (Phi) is 18.8. The van der Waals surface area contributed by atoms with Gasteiger partial charge in [0.25, 0.3) is 0 Å². The zero-order chi connectivity index (χ0) is 30.5. The predicted molar refractivity (Wildman–Crippen MR) is 162 cm³/mol. The fourth-order valence-electron chi connectivity index (χ4n) is 4.57. The molecule has 2 heterocycles. The lowest BCUT2D eigenvalue weighted by atomic mass is 10.1. The van der Waals surface area contributed by atoms with Gasteiger partial charge < -0.3 is 62.2 Å². The molecular weight excluding hydrogens is 680 g/mol. The van der Waals surface area contributed by atoms with Crippen LogP contribution >= 0.6 is 0 Å². The number of carbonyl (C=O) groups excluding carboxylic acids is 2. The van der Waals surface area contributed by atoms with Crippen molar-refractivity contribution in [2.45, 2.75) is 58.0 Å². The summed E-state index contributed by atoms with van der Waals surface area (Å²) in [5.74, 6) is 1.07. The number of hydrogen-bond acceptors (Lipinski definition) is 6. The van der Waals surface area contributed by atoms with Gasteiger partial charge in [-0.3, -0.25) is 9.97 Å². The Morgan fingerprint density at radius 2 is 0.953 bits per heavy atom. The highest BCUT2D eigenvalue weighted by Gasteiger charge is 2.22. The van der Waals surface area contributed by atoms with Gasteiger partial charge in [-0.05, 0) is 49.9 Å². The predicted octanol–water partition coefficient (Wildman–Crippen LogP) is -0.811. The summed E-state index contributed by atoms with van der Waals surface area (Å²) in [6.07, 6.45) is 11.2. The van der Waals surface area contributed by atoms with E-state index in [9.17, 15) is 9.59 Å². The normalized spacial score (nSPS) is 11.2. The average molecular weight is 733 g/mol. The Labute approximate surface area is 280 Å². The molecule has 2 aromatic heterocycles. The van der Waals surface area contributed by atoms with Crippen molar-refractivity contribution in [1.29, 1.82) is 0 Å². The summed E-state index contributed by atoms with van der Waals surface area (Å²) in [6.45, 7) is 3.51. The molecule has 0 saturated carbocycles. The summed E-state index contributed by atoms with van der Waals surface area (Å²) < 4.78 is 12.6. The molecule has 0 spiro atoms. The molecule has 43 heavy (non-hydrogen) atoms. The molecule has 0 bridgehead atoms. The number of rotatable bonds is 16. The van der Waals surface area contributed by atoms with Gasteiger partial charge >= 0.3 is 12.2 Å². The van der Waals surface area contributed by atoms with Crippen LogP contribution in [0.5, 0.6) is 11.5 Å². The Morgan fingerprint density at radius 3 is 1.28 bits per heavy atom. The molecule has 0 aromatic carbocycles. The molecular formula is C31H52Br2N6O4. The topological polar surface area (TPSA) is 84.9 Å². The standard InChI is InChI=1S/C31H52N6O4.2BrH/c1-34(2)30(38)40-28-18-16-20-32-26(28)24-36(5,6)22-14-12-10-9-11-13-15-23-37(7,8)25-27-29(19-17-21-33-27)41-31(39)35(3)4;;/h16-21H,9-15,22-25H2,1-8H3;2*1H/q+2;;/p-2. The zero-order valence-electron chi connectivity index (χ0n) is 27.3. The molecule has 12 heteroatoms. The SMILES string of the molecule is CN(C)C(=O)Oc1cccnc1C[N+](C)(C)CCCCCCCCC[N+](C)(C)Cc1ncccc1OC(=O)N(C)C.[Br-].[Br-]. The van der Waals surface area contributed by atoms with Crippen molar-refractivity contribution < 1.29 is 62.0 Å². The lowest BCUT2D eigenvalue weighted by Gasteiger charge is -2.30. The molecule has 244 valence electrons. The highest BCUT2D eigenvalue weighted by molar-refractivity contribution is 5.70. The first-order valence-electron chi connectivity index (χ1n) is 14.6. The number of ether oxygens (including phenoxy) is 2. The Balaban J connectivity index is 0.00000882. The molecule has 0 aliphatic carbocycles. The van der Waals surface area contributed by atoms with E-state index in [0.717, 1.165) is 46.3 Å². The van der Waals surface area contributed by atoms with Crippen LogP contribution in [-0.4, -0.2) is 110 Å². The van der Waals surface area contributed by atoms with Crippen LogP contribution in [0.2, 0.25) is 0 Å². The molecule has 0 radical (unpaired) electrons. The van der Waals surface area contributed by atoms with Crippen LogP contribution in [0.1, 0.15) is 56.3 Å². The number of unbranched alkanes of at least 4 members (excludes halogenated alkanes) is 6. The number of quaternary nitrogens is 2. The fourth-order valence-corrected chi connectivity index (χ4v) is 4.57. The zero-order valence-corrected chi connectivity index (χ0v) is 30.5. The number of nitrogens with zero attached hydrogens (tertiary/aromatic N) is 6. The van der Waals surface area contributed by atoms with Crippen molar-refractivity contribution in [3.05, 3.63) is 48.0 Å². The third-order valence-electron chi connectivity index (χ3n) is 7.00. The summed E-state index contributed by atoms with van der Waals surface area (Å²) in [4.78, 5) is 35.8. The van der Waals surface area contributed by atoms with Crippen molar-refractivity contribution in [2.75, 3.05) is 69.5 Å². The molecule has 0 aliphatic rings. The van der Waals surface area contributed by atoms with Crippen LogP contribution in [0.4, 0.5) is 9.59 Å². The molecule has 0 aliphatic heterocycles. The molecule has 2 amide bonds. The van der Waals surface area contributed by atoms with E-state index in [-0.39, 0.29) is 34.0 Å². The van der Waals surface area contributed by atoms with E-state index >= 15 is 0 Å². The number of amides is 2. The van der Waals surface area contributed by atoms with Gasteiger partial charge in [0.15, 0.2) is 11.5 Å². The Hall–Kier alpha value is -2.28. The third-order valence-corrected chi connectivity index (χ3v) is 7.00. The maximum Gasteiger partial charge on any atom is 0.414 e. The number of hydrogen-bond donors (Lipinski definition) is 0. The van der Waals surface area contributed by atoms with Gasteiger partial charge in [0.2, 0.25) is 0 Å². The summed E-state index contributed by atoms with van der Waals surface area (Å²) in [7, 11) is 15.5. The largest absolute Gasteiger partial charge is 1.00 e. The van der Waals surface area contributed by atoms with Gasteiger partial charge in [-0.15, -0.1) is 0 Å². The number of aromatic nitrogens is 2. The first-order valence-corrected chi connectivity index (χ1v) is 14.6. The Morgan fingerprint density at radius 1 is 0.628 bits per heavy atom. The van der Waals surface area contributed by atoms with E-state index in [4.69, 9.17) is 9.47 Å². The number of carbonyl (C=O) groups is 2. The fraction of sp³-hybridized carbons (Fsp3) is 0.613. The Bertz CT molecular complexity index is 1030. The van der Waals surface area contributed by atoms with Gasteiger partial charge in [-0.25, -0.2) is 9.59 Å². The van der Waals surface area contributed by atoms with E-state index in [1.165, 1.54) is 41.9 Å². The van der Waals surface area contributed by atoms with Crippen LogP contribution in [0.25, 0.3) is 0 Å². The lowest BCUT2D eigenvalue weighted by Crippen LogP contribution is -3.00. The smallest absolute Gasteiger partial charge is 0.414 e. The van der Waals surface area contributed by atoms with Gasteiger partial charge in [-0.2, -0.15) is 0 Å². The first-order chi connectivity index (χ1) is 19.3. The van der Waals surface area contributed by atoms with Crippen LogP contribution in [0.3, 0.4) is 0 Å². The highest BCUT2D eigenvalue weighted by Crippen LogP contribution is 2.22. The van der Waals surface area contributed by atoms with Crippen molar-refractivity contribution >= 4 is 12.2 Å². The molecule has 0 atom stereocenters. The number of pyridine rings is 2. The second-order valence-electron chi connectivity index (χ2n) is 12.5. The highest BCUT2D eigenvalue weighted by atomic mass is 79.9. The van der Waals surface area contributed by atoms with E-state index in [2.05, 4.69) is 38.2 Å². The van der Waals surface area contributed by atoms with Crippen LogP contribution < -0.4 is 43.4 Å². The third kappa shape index (κ3) is 15.8. The van der Waals surface area contributed by atoms with E-state index in [0.29, 0.717) is 24.6 Å². The second-order valence-corrected chi connectivity index (χ2v) is 12.5. The maximum atomic E-state index is 12.0. The molecule has 10 nitrogen and oxygen atoms in total. The molecule has 2 rings (SSSR count). The minimum Gasteiger partial charge on any atom is -1.00 e. The maximum absolute atomic E-state index is 12.0.